The van der Waals surface area contributed by atoms with E-state index in [1.807, 2.05) is 36.0 Å². The van der Waals surface area contributed by atoms with Crippen LogP contribution in [0.25, 0.3) is 0 Å². The number of thioether (sulfide) groups is 1. The first-order valence-electron chi connectivity index (χ1n) is 9.67. The van der Waals surface area contributed by atoms with Crippen molar-refractivity contribution in [3.8, 4) is 0 Å². The largest absolute Gasteiger partial charge is 0.365 e. The number of hydrogen-bond donors (Lipinski definition) is 4. The van der Waals surface area contributed by atoms with Crippen molar-refractivity contribution in [3.63, 3.8) is 0 Å². The molecule has 0 radical (unpaired) electrons. The molecule has 2 aliphatic heterocycles. The molecule has 0 aliphatic carbocycles. The average Bonchev–Trinajstić information content (AvgIpc) is 3.22. The maximum Gasteiger partial charge on any atom is 0.251 e. The maximum absolute atomic E-state index is 12.6. The fourth-order valence-corrected chi connectivity index (χ4v) is 4.86. The topological polar surface area (TPSA) is 93.7 Å². The molecule has 2 aliphatic rings. The predicted molar refractivity (Wildman–Crippen MR) is 112 cm³/mol. The number of nitrogens with zero attached hydrogens (tertiary/aromatic N) is 1. The maximum atomic E-state index is 12.6. The number of fused-ring (bicyclic) bond motifs is 1. The summed E-state index contributed by atoms with van der Waals surface area (Å²) in [7, 11) is 0. The molecular formula is C21H24N4O3S. The zero-order valence-corrected chi connectivity index (χ0v) is 16.7. The molecule has 4 rings (SSSR count). The van der Waals surface area contributed by atoms with Crippen LogP contribution in [-0.4, -0.2) is 48.5 Å². The summed E-state index contributed by atoms with van der Waals surface area (Å²) in [5.41, 5.74) is 4.62. The Balaban J connectivity index is 1.39. The molecule has 0 spiro atoms. The lowest BCUT2D eigenvalue weighted by molar-refractivity contribution is -0.133. The van der Waals surface area contributed by atoms with Gasteiger partial charge in [0, 0.05) is 42.4 Å². The van der Waals surface area contributed by atoms with Crippen molar-refractivity contribution in [2.45, 2.75) is 17.5 Å². The Labute approximate surface area is 173 Å². The summed E-state index contributed by atoms with van der Waals surface area (Å²) in [4.78, 5) is 28.0. The number of amides is 2. The lowest BCUT2D eigenvalue weighted by Crippen LogP contribution is -2.45. The van der Waals surface area contributed by atoms with Gasteiger partial charge in [-0.3, -0.25) is 14.8 Å². The first kappa shape index (κ1) is 19.8. The fourth-order valence-electron chi connectivity index (χ4n) is 3.81. The third-order valence-corrected chi connectivity index (χ3v) is 6.43. The Hall–Kier alpha value is -2.55. The second kappa shape index (κ2) is 8.86. The molecule has 152 valence electrons. The number of nitrogens with one attached hydrogen (secondary N) is 3. The lowest BCUT2D eigenvalue weighted by Gasteiger charge is -2.30. The second-order valence-electron chi connectivity index (χ2n) is 7.26. The van der Waals surface area contributed by atoms with Gasteiger partial charge in [-0.1, -0.05) is 24.3 Å². The van der Waals surface area contributed by atoms with E-state index in [1.54, 1.807) is 5.48 Å². The number of benzene rings is 2. The minimum absolute atomic E-state index is 0.222. The summed E-state index contributed by atoms with van der Waals surface area (Å²) in [5.74, 6) is -0.133. The van der Waals surface area contributed by atoms with Crippen LogP contribution in [0.3, 0.4) is 0 Å². The Morgan fingerprint density at radius 1 is 1.14 bits per heavy atom. The molecule has 1 fully saturated rings. The number of para-hydroxylation sites is 1. The summed E-state index contributed by atoms with van der Waals surface area (Å²) in [5, 5.41) is 14.8. The third kappa shape index (κ3) is 4.39. The van der Waals surface area contributed by atoms with Gasteiger partial charge in [-0.2, -0.15) is 0 Å². The van der Waals surface area contributed by atoms with E-state index in [0.717, 1.165) is 24.4 Å². The summed E-state index contributed by atoms with van der Waals surface area (Å²) in [6.07, 6.45) is 0. The van der Waals surface area contributed by atoms with Crippen molar-refractivity contribution in [3.05, 3.63) is 59.7 Å². The van der Waals surface area contributed by atoms with Crippen molar-refractivity contribution >= 4 is 29.3 Å². The molecule has 0 saturated carbocycles. The van der Waals surface area contributed by atoms with Crippen LogP contribution in [0.4, 0.5) is 5.69 Å². The quantitative estimate of drug-likeness (QED) is 0.441. The van der Waals surface area contributed by atoms with Crippen LogP contribution in [0, 0.1) is 5.92 Å². The normalized spacial score (nSPS) is 20.8. The van der Waals surface area contributed by atoms with Gasteiger partial charge < -0.3 is 15.5 Å². The van der Waals surface area contributed by atoms with E-state index in [9.17, 15) is 9.59 Å². The van der Waals surface area contributed by atoms with Gasteiger partial charge in [-0.05, 0) is 29.8 Å². The highest BCUT2D eigenvalue weighted by Gasteiger charge is 2.34. The van der Waals surface area contributed by atoms with E-state index < -0.39 is 11.8 Å². The Morgan fingerprint density at radius 2 is 1.93 bits per heavy atom. The lowest BCUT2D eigenvalue weighted by atomic mass is 10.0. The Kier molecular flexibility index (Phi) is 6.03. The van der Waals surface area contributed by atoms with Crippen molar-refractivity contribution in [2.24, 2.45) is 5.92 Å². The molecule has 2 aromatic rings. The highest BCUT2D eigenvalue weighted by Crippen LogP contribution is 2.35. The van der Waals surface area contributed by atoms with Gasteiger partial charge in [0.15, 0.2) is 0 Å². The Morgan fingerprint density at radius 3 is 2.72 bits per heavy atom. The molecule has 0 aromatic heterocycles. The smallest absolute Gasteiger partial charge is 0.251 e. The number of hydroxylamine groups is 1. The number of rotatable bonds is 5. The first-order chi connectivity index (χ1) is 14.2. The van der Waals surface area contributed by atoms with Gasteiger partial charge in [0.25, 0.3) is 5.91 Å². The molecule has 2 atom stereocenters. The highest BCUT2D eigenvalue weighted by molar-refractivity contribution is 7.99. The van der Waals surface area contributed by atoms with Crippen LogP contribution in [-0.2, 0) is 11.3 Å². The number of anilines is 1. The van der Waals surface area contributed by atoms with E-state index >= 15 is 0 Å². The zero-order valence-electron chi connectivity index (χ0n) is 15.9. The standard InChI is InChI=1S/C21H24N4O3S/c26-20(23-17-12-22-11-16(17)21(27)24-28)15-7-5-14(6-8-15)13-25-9-10-29-19-4-2-1-3-18(19)25/h1-8,16-17,22,28H,9-13H2,(H,23,26)(H,24,27)/t16-,17+/m0/s1. The summed E-state index contributed by atoms with van der Waals surface area (Å²) in [6, 6.07) is 15.7. The van der Waals surface area contributed by atoms with Crippen LogP contribution in [0.2, 0.25) is 0 Å². The van der Waals surface area contributed by atoms with Crippen molar-refractivity contribution in [1.29, 1.82) is 0 Å². The zero-order chi connectivity index (χ0) is 20.2. The molecule has 7 nitrogen and oxygen atoms in total. The third-order valence-electron chi connectivity index (χ3n) is 5.39. The molecule has 0 bridgehead atoms. The average molecular weight is 413 g/mol. The van der Waals surface area contributed by atoms with Crippen LogP contribution in [0.15, 0.2) is 53.4 Å². The number of carbonyl (C=O) groups is 2. The van der Waals surface area contributed by atoms with Gasteiger partial charge in [0.2, 0.25) is 5.91 Å². The summed E-state index contributed by atoms with van der Waals surface area (Å²) < 4.78 is 0. The number of hydrogen-bond acceptors (Lipinski definition) is 6. The number of carbonyl (C=O) groups excluding carboxylic acids is 2. The molecule has 8 heteroatoms. The van der Waals surface area contributed by atoms with E-state index in [4.69, 9.17) is 5.21 Å². The first-order valence-corrected chi connectivity index (χ1v) is 10.7. The van der Waals surface area contributed by atoms with Gasteiger partial charge in [0.05, 0.1) is 17.6 Å². The fraction of sp³-hybridized carbons (Fsp3) is 0.333. The SMILES string of the molecule is O=C(N[C@@H]1CNC[C@@H]1C(=O)NO)c1ccc(CN2CCSc3ccccc32)cc1. The predicted octanol–water partition coefficient (Wildman–Crippen LogP) is 1.62. The van der Waals surface area contributed by atoms with Crippen LogP contribution in [0.5, 0.6) is 0 Å². The molecule has 1 saturated heterocycles. The minimum Gasteiger partial charge on any atom is -0.365 e. The molecule has 4 N–H and O–H groups in total. The van der Waals surface area contributed by atoms with Gasteiger partial charge in [0.1, 0.15) is 0 Å². The van der Waals surface area contributed by atoms with Crippen molar-refractivity contribution in [1.82, 2.24) is 16.1 Å². The van der Waals surface area contributed by atoms with Crippen molar-refractivity contribution < 1.29 is 14.8 Å². The summed E-state index contributed by atoms with van der Waals surface area (Å²) in [6.45, 7) is 2.71. The van der Waals surface area contributed by atoms with Gasteiger partial charge in [-0.15, -0.1) is 11.8 Å². The molecular weight excluding hydrogens is 388 g/mol. The van der Waals surface area contributed by atoms with Crippen molar-refractivity contribution in [2.75, 3.05) is 30.3 Å². The van der Waals surface area contributed by atoms with Gasteiger partial charge in [-0.25, -0.2) is 5.48 Å². The molecule has 2 aromatic carbocycles. The summed E-state index contributed by atoms with van der Waals surface area (Å²) >= 11 is 1.88. The van der Waals surface area contributed by atoms with E-state index in [0.29, 0.717) is 18.7 Å². The monoisotopic (exact) mass is 412 g/mol. The second-order valence-corrected chi connectivity index (χ2v) is 8.39. The Bertz CT molecular complexity index is 890. The van der Waals surface area contributed by atoms with E-state index in [2.05, 4.69) is 39.8 Å². The molecule has 29 heavy (non-hydrogen) atoms. The van der Waals surface area contributed by atoms with E-state index in [-0.39, 0.29) is 11.9 Å². The van der Waals surface area contributed by atoms with Crippen LogP contribution < -0.4 is 21.0 Å². The minimum atomic E-state index is -0.490. The molecule has 2 amide bonds. The van der Waals surface area contributed by atoms with Crippen LogP contribution in [0.1, 0.15) is 15.9 Å². The van der Waals surface area contributed by atoms with Gasteiger partial charge >= 0.3 is 0 Å². The van der Waals surface area contributed by atoms with Crippen LogP contribution >= 0.6 is 11.8 Å². The molecule has 2 heterocycles. The molecule has 0 unspecified atom stereocenters. The highest BCUT2D eigenvalue weighted by atomic mass is 32.2. The van der Waals surface area contributed by atoms with E-state index in [1.165, 1.54) is 10.6 Å².